The fraction of sp³-hybridized carbons (Fsp3) is 0.250. The lowest BCUT2D eigenvalue weighted by atomic mass is 10.2. The fourth-order valence-electron chi connectivity index (χ4n) is 4.01. The van der Waals surface area contributed by atoms with Crippen molar-refractivity contribution in [1.82, 2.24) is 24.3 Å². The summed E-state index contributed by atoms with van der Waals surface area (Å²) in [7, 11) is 0. The van der Waals surface area contributed by atoms with E-state index in [-0.39, 0.29) is 5.91 Å². The van der Waals surface area contributed by atoms with Gasteiger partial charge in [0.15, 0.2) is 0 Å². The van der Waals surface area contributed by atoms with Gasteiger partial charge in [-0.3, -0.25) is 4.79 Å². The number of amides is 1. The molecular weight excluding hydrogens is 402 g/mol. The number of fused-ring (bicyclic) bond motifs is 1. The molecule has 32 heavy (non-hydrogen) atoms. The van der Waals surface area contributed by atoms with Gasteiger partial charge in [-0.15, -0.1) is 0 Å². The summed E-state index contributed by atoms with van der Waals surface area (Å²) in [4.78, 5) is 30.6. The molecular formula is C24H25N7O. The van der Waals surface area contributed by atoms with Gasteiger partial charge in [0.25, 0.3) is 5.91 Å². The first-order valence-corrected chi connectivity index (χ1v) is 10.7. The summed E-state index contributed by atoms with van der Waals surface area (Å²) in [5, 5.41) is 3.27. The fourth-order valence-corrected chi connectivity index (χ4v) is 4.01. The molecule has 1 aliphatic rings. The maximum Gasteiger partial charge on any atom is 0.255 e. The van der Waals surface area contributed by atoms with Gasteiger partial charge in [-0.1, -0.05) is 6.07 Å². The topological polar surface area (TPSA) is 78.7 Å². The molecule has 5 rings (SSSR count). The highest BCUT2D eigenvalue weighted by molar-refractivity contribution is 5.95. The van der Waals surface area contributed by atoms with Crippen LogP contribution >= 0.6 is 0 Å². The van der Waals surface area contributed by atoms with Crippen molar-refractivity contribution in [3.63, 3.8) is 0 Å². The molecule has 1 aliphatic heterocycles. The van der Waals surface area contributed by atoms with E-state index >= 15 is 0 Å². The number of carbonyl (C=O) groups excluding carboxylic acids is 1. The zero-order valence-corrected chi connectivity index (χ0v) is 18.2. The van der Waals surface area contributed by atoms with E-state index in [0.29, 0.717) is 24.7 Å². The van der Waals surface area contributed by atoms with E-state index in [9.17, 15) is 4.79 Å². The minimum Gasteiger partial charge on any atom is -0.353 e. The Morgan fingerprint density at radius 1 is 0.969 bits per heavy atom. The van der Waals surface area contributed by atoms with E-state index in [4.69, 9.17) is 0 Å². The molecule has 5 heterocycles. The number of nitrogens with zero attached hydrogens (tertiary/aromatic N) is 6. The zero-order valence-electron chi connectivity index (χ0n) is 18.2. The molecule has 162 valence electrons. The van der Waals surface area contributed by atoms with Crippen LogP contribution in [0.25, 0.3) is 5.52 Å². The zero-order chi connectivity index (χ0) is 22.1. The molecule has 8 nitrogen and oxygen atoms in total. The van der Waals surface area contributed by atoms with Crippen LogP contribution in [0.2, 0.25) is 0 Å². The summed E-state index contributed by atoms with van der Waals surface area (Å²) in [5.74, 6) is 3.08. The number of piperazine rings is 1. The monoisotopic (exact) mass is 427 g/mol. The van der Waals surface area contributed by atoms with Gasteiger partial charge in [0.1, 0.15) is 23.3 Å². The van der Waals surface area contributed by atoms with Crippen LogP contribution in [0.3, 0.4) is 0 Å². The first-order chi connectivity index (χ1) is 15.5. The lowest BCUT2D eigenvalue weighted by molar-refractivity contribution is 0.0746. The van der Waals surface area contributed by atoms with Crippen molar-refractivity contribution in [3.8, 4) is 0 Å². The summed E-state index contributed by atoms with van der Waals surface area (Å²) in [6.45, 7) is 6.65. The molecule has 0 bridgehead atoms. The average Bonchev–Trinajstić information content (AvgIpc) is 3.23. The largest absolute Gasteiger partial charge is 0.353 e. The Bertz CT molecular complexity index is 1240. The van der Waals surface area contributed by atoms with E-state index in [1.54, 1.807) is 6.20 Å². The number of pyridine rings is 2. The predicted molar refractivity (Wildman–Crippen MR) is 125 cm³/mol. The van der Waals surface area contributed by atoms with Crippen molar-refractivity contribution >= 4 is 28.9 Å². The van der Waals surface area contributed by atoms with Crippen molar-refractivity contribution in [3.05, 3.63) is 78.0 Å². The summed E-state index contributed by atoms with van der Waals surface area (Å²) in [6, 6.07) is 13.8. The molecule has 0 unspecified atom stereocenters. The quantitative estimate of drug-likeness (QED) is 0.538. The highest BCUT2D eigenvalue weighted by Crippen LogP contribution is 2.21. The van der Waals surface area contributed by atoms with E-state index in [2.05, 4.69) is 25.2 Å². The van der Waals surface area contributed by atoms with Crippen LogP contribution in [0.15, 0.2) is 61.1 Å². The van der Waals surface area contributed by atoms with Crippen molar-refractivity contribution in [2.75, 3.05) is 36.4 Å². The Morgan fingerprint density at radius 2 is 1.81 bits per heavy atom. The van der Waals surface area contributed by atoms with E-state index in [1.165, 1.54) is 0 Å². The number of hydrogen-bond acceptors (Lipinski definition) is 6. The number of aryl methyl sites for hydroxylation is 2. The van der Waals surface area contributed by atoms with Crippen LogP contribution < -0.4 is 10.2 Å². The molecule has 1 N–H and O–H groups in total. The van der Waals surface area contributed by atoms with Gasteiger partial charge in [-0.05, 0) is 49.7 Å². The van der Waals surface area contributed by atoms with Crippen LogP contribution in [0.4, 0.5) is 17.5 Å². The Labute approximate surface area is 186 Å². The van der Waals surface area contributed by atoms with Crippen LogP contribution in [0.1, 0.15) is 21.7 Å². The third-order valence-electron chi connectivity index (χ3n) is 5.64. The molecule has 1 saturated heterocycles. The number of hydrogen-bond donors (Lipinski definition) is 1. The number of carbonyl (C=O) groups is 1. The average molecular weight is 428 g/mol. The highest BCUT2D eigenvalue weighted by atomic mass is 16.2. The number of anilines is 3. The summed E-state index contributed by atoms with van der Waals surface area (Å²) < 4.78 is 1.98. The SMILES string of the molecule is Cc1ccnc(Nc2cc(N3CCN(C(=O)c4cc5ccccn5c4)CC3)nc(C)n2)c1. The van der Waals surface area contributed by atoms with Crippen molar-refractivity contribution in [2.45, 2.75) is 13.8 Å². The smallest absolute Gasteiger partial charge is 0.255 e. The van der Waals surface area contributed by atoms with E-state index in [1.807, 2.05) is 78.0 Å². The van der Waals surface area contributed by atoms with Gasteiger partial charge >= 0.3 is 0 Å². The van der Waals surface area contributed by atoms with Crippen molar-refractivity contribution in [1.29, 1.82) is 0 Å². The molecule has 0 saturated carbocycles. The van der Waals surface area contributed by atoms with Gasteiger partial charge in [0.05, 0.1) is 5.56 Å². The molecule has 8 heteroatoms. The Kier molecular flexibility index (Phi) is 5.18. The van der Waals surface area contributed by atoms with Crippen LogP contribution in [0, 0.1) is 13.8 Å². The van der Waals surface area contributed by atoms with Crippen LogP contribution in [-0.2, 0) is 0 Å². The standard InChI is InChI=1S/C24H25N7O/c1-17-6-7-25-21(13-17)28-22-15-23(27-18(2)26-22)29-9-11-30(12-10-29)24(32)19-14-20-5-3-4-8-31(20)16-19/h3-8,13-16H,9-12H2,1-2H3,(H,25,26,27,28). The Morgan fingerprint density at radius 3 is 2.59 bits per heavy atom. The lowest BCUT2D eigenvalue weighted by Crippen LogP contribution is -2.49. The third kappa shape index (κ3) is 4.12. The normalized spacial score (nSPS) is 14.1. The molecule has 0 aliphatic carbocycles. The molecule has 0 radical (unpaired) electrons. The molecule has 0 atom stereocenters. The molecule has 4 aromatic heterocycles. The van der Waals surface area contributed by atoms with Crippen LogP contribution in [0.5, 0.6) is 0 Å². The maximum absolute atomic E-state index is 13.0. The van der Waals surface area contributed by atoms with Gasteiger partial charge in [-0.25, -0.2) is 15.0 Å². The molecule has 1 amide bonds. The van der Waals surface area contributed by atoms with Gasteiger partial charge in [-0.2, -0.15) is 0 Å². The minimum absolute atomic E-state index is 0.0695. The minimum atomic E-state index is 0.0695. The summed E-state index contributed by atoms with van der Waals surface area (Å²) >= 11 is 0. The summed E-state index contributed by atoms with van der Waals surface area (Å²) in [6.07, 6.45) is 5.63. The van der Waals surface area contributed by atoms with Crippen LogP contribution in [-0.4, -0.2) is 56.3 Å². The van der Waals surface area contributed by atoms with E-state index in [0.717, 1.165) is 41.4 Å². The molecule has 0 spiro atoms. The van der Waals surface area contributed by atoms with Gasteiger partial charge < -0.3 is 19.5 Å². The van der Waals surface area contributed by atoms with E-state index < -0.39 is 0 Å². The lowest BCUT2D eigenvalue weighted by Gasteiger charge is -2.35. The van der Waals surface area contributed by atoms with Crippen molar-refractivity contribution in [2.24, 2.45) is 0 Å². The Hall–Kier alpha value is -3.94. The maximum atomic E-state index is 13.0. The second kappa shape index (κ2) is 8.30. The number of rotatable bonds is 4. The Balaban J connectivity index is 1.27. The molecule has 1 fully saturated rings. The second-order valence-corrected chi connectivity index (χ2v) is 8.04. The number of nitrogens with one attached hydrogen (secondary N) is 1. The third-order valence-corrected chi connectivity index (χ3v) is 5.64. The van der Waals surface area contributed by atoms with Gasteiger partial charge in [0, 0.05) is 56.4 Å². The first kappa shape index (κ1) is 20.0. The molecule has 0 aromatic carbocycles. The van der Waals surface area contributed by atoms with Gasteiger partial charge in [0.2, 0.25) is 0 Å². The first-order valence-electron chi connectivity index (χ1n) is 10.7. The highest BCUT2D eigenvalue weighted by Gasteiger charge is 2.24. The van der Waals surface area contributed by atoms with Crippen molar-refractivity contribution < 1.29 is 4.79 Å². The summed E-state index contributed by atoms with van der Waals surface area (Å²) in [5.41, 5.74) is 2.87. The second-order valence-electron chi connectivity index (χ2n) is 8.04. The number of aromatic nitrogens is 4. The molecule has 4 aromatic rings. The predicted octanol–water partition coefficient (Wildman–Crippen LogP) is 3.45.